The van der Waals surface area contributed by atoms with E-state index < -0.39 is 0 Å². The molecule has 4 heteroatoms. The van der Waals surface area contributed by atoms with Gasteiger partial charge < -0.3 is 19.6 Å². The van der Waals surface area contributed by atoms with Crippen LogP contribution in [0.15, 0.2) is 48.5 Å². The van der Waals surface area contributed by atoms with Gasteiger partial charge in [0.25, 0.3) is 0 Å². The van der Waals surface area contributed by atoms with Crippen molar-refractivity contribution in [3.8, 4) is 17.6 Å². The van der Waals surface area contributed by atoms with Gasteiger partial charge in [-0.1, -0.05) is 36.1 Å². The largest absolute Gasteiger partial charge is 0.497 e. The number of hydrogen-bond acceptors (Lipinski definition) is 2. The fourth-order valence-corrected chi connectivity index (χ4v) is 4.61. The lowest BCUT2D eigenvalue weighted by Gasteiger charge is -2.31. The zero-order valence-electron chi connectivity index (χ0n) is 19.1. The van der Waals surface area contributed by atoms with Gasteiger partial charge in [-0.2, -0.15) is 0 Å². The van der Waals surface area contributed by atoms with Gasteiger partial charge >= 0.3 is 0 Å². The van der Waals surface area contributed by atoms with Crippen molar-refractivity contribution < 1.29 is 19.6 Å². The molecule has 166 valence electrons. The maximum absolute atomic E-state index is 8.83. The van der Waals surface area contributed by atoms with E-state index in [1.54, 1.807) is 16.9 Å². The number of hydrogen-bond donors (Lipinski definition) is 3. The summed E-state index contributed by atoms with van der Waals surface area (Å²) >= 11 is 0. The monoisotopic (exact) mass is 422 g/mol. The molecule has 1 fully saturated rings. The number of ether oxygens (including phenoxy) is 1. The van der Waals surface area contributed by atoms with Gasteiger partial charge in [-0.3, -0.25) is 0 Å². The van der Waals surface area contributed by atoms with Crippen LogP contribution in [0, 0.1) is 17.8 Å². The molecule has 0 aromatic heterocycles. The van der Waals surface area contributed by atoms with Crippen molar-refractivity contribution in [3.05, 3.63) is 65.2 Å². The number of quaternary nitrogens is 2. The summed E-state index contributed by atoms with van der Waals surface area (Å²) in [6.45, 7) is 6.26. The first-order valence-corrected chi connectivity index (χ1v) is 11.6. The molecule has 0 spiro atoms. The fraction of sp³-hybridized carbons (Fsp3) is 0.481. The Labute approximate surface area is 187 Å². The van der Waals surface area contributed by atoms with Crippen molar-refractivity contribution >= 4 is 0 Å². The average Bonchev–Trinajstić information content (AvgIpc) is 2.79. The summed E-state index contributed by atoms with van der Waals surface area (Å²) < 4.78 is 5.26. The van der Waals surface area contributed by atoms with Crippen molar-refractivity contribution in [1.29, 1.82) is 0 Å². The van der Waals surface area contributed by atoms with Crippen molar-refractivity contribution in [1.82, 2.24) is 0 Å². The van der Waals surface area contributed by atoms with Gasteiger partial charge in [-0.25, -0.2) is 0 Å². The Morgan fingerprint density at radius 1 is 1.10 bits per heavy atom. The maximum atomic E-state index is 8.83. The lowest BCUT2D eigenvalue weighted by molar-refractivity contribution is -0.928. The first kappa shape index (κ1) is 23.3. The lowest BCUT2D eigenvalue weighted by atomic mass is 9.97. The second kappa shape index (κ2) is 12.5. The van der Waals surface area contributed by atoms with E-state index >= 15 is 0 Å². The summed E-state index contributed by atoms with van der Waals surface area (Å²) in [6, 6.07) is 17.1. The summed E-state index contributed by atoms with van der Waals surface area (Å²) in [7, 11) is 4.04. The minimum atomic E-state index is 0.126. The van der Waals surface area contributed by atoms with Crippen LogP contribution in [0.5, 0.6) is 5.75 Å². The molecule has 0 saturated carbocycles. The Bertz CT molecular complexity index is 836. The van der Waals surface area contributed by atoms with Crippen molar-refractivity contribution in [3.63, 3.8) is 0 Å². The van der Waals surface area contributed by atoms with E-state index in [1.807, 2.05) is 0 Å². The smallest absolute Gasteiger partial charge is 0.118 e. The van der Waals surface area contributed by atoms with Gasteiger partial charge in [-0.05, 0) is 42.7 Å². The number of aliphatic hydroxyl groups excluding tert-OH is 1. The van der Waals surface area contributed by atoms with Crippen LogP contribution in [0.4, 0.5) is 0 Å². The Kier molecular flexibility index (Phi) is 9.42. The number of rotatable bonds is 9. The zero-order chi connectivity index (χ0) is 21.9. The molecule has 3 unspecified atom stereocenters. The molecule has 2 aromatic rings. The van der Waals surface area contributed by atoms with Gasteiger partial charge in [-0.15, -0.1) is 0 Å². The summed E-state index contributed by atoms with van der Waals surface area (Å²) in [5.74, 6) is 7.83. The summed E-state index contributed by atoms with van der Waals surface area (Å²) in [5, 5.41) is 8.83. The van der Waals surface area contributed by atoms with Gasteiger partial charge in [0, 0.05) is 24.0 Å². The molecule has 1 aliphatic heterocycles. The molecule has 4 nitrogen and oxygen atoms in total. The van der Waals surface area contributed by atoms with Crippen LogP contribution in [-0.2, 0) is 13.0 Å². The van der Waals surface area contributed by atoms with E-state index in [4.69, 9.17) is 9.84 Å². The summed E-state index contributed by atoms with van der Waals surface area (Å²) in [6.07, 6.45) is 4.39. The Balaban J connectivity index is 1.42. The molecule has 3 atom stereocenters. The van der Waals surface area contributed by atoms with E-state index in [1.165, 1.54) is 50.1 Å². The van der Waals surface area contributed by atoms with Gasteiger partial charge in [0.1, 0.15) is 12.3 Å². The predicted molar refractivity (Wildman–Crippen MR) is 125 cm³/mol. The molecular weight excluding hydrogens is 384 g/mol. The molecule has 3 rings (SSSR count). The molecule has 1 aliphatic rings. The minimum absolute atomic E-state index is 0.126. The van der Waals surface area contributed by atoms with E-state index in [9.17, 15) is 0 Å². The third-order valence-electron chi connectivity index (χ3n) is 6.21. The predicted octanol–water partition coefficient (Wildman–Crippen LogP) is 0.981. The molecule has 1 heterocycles. The number of methoxy groups -OCH3 is 1. The standard InChI is InChI=1S/C27H36N2O2/c1-28(20-25-10-8-23(9-11-25)6-3-4-19-30)21-26-7-5-17-29(22-26)18-16-24-12-14-27(31-2)15-13-24/h8-15,26,30H,4-5,7,16-22H2,1-2H3/p+2. The number of aliphatic hydroxyl groups is 1. The molecular formula is C27H38N2O2+2. The maximum Gasteiger partial charge on any atom is 0.118 e. The zero-order valence-corrected chi connectivity index (χ0v) is 19.1. The molecule has 0 radical (unpaired) electrons. The number of likely N-dealkylation sites (tertiary alicyclic amines) is 1. The van der Waals surface area contributed by atoms with Crippen LogP contribution >= 0.6 is 0 Å². The third-order valence-corrected chi connectivity index (χ3v) is 6.21. The molecule has 2 aromatic carbocycles. The Morgan fingerprint density at radius 3 is 2.55 bits per heavy atom. The quantitative estimate of drug-likeness (QED) is 0.527. The highest BCUT2D eigenvalue weighted by Crippen LogP contribution is 2.11. The van der Waals surface area contributed by atoms with Gasteiger partial charge in [0.15, 0.2) is 0 Å². The second-order valence-electron chi connectivity index (χ2n) is 8.87. The van der Waals surface area contributed by atoms with Crippen molar-refractivity contribution in [2.45, 2.75) is 32.2 Å². The Morgan fingerprint density at radius 2 is 1.84 bits per heavy atom. The van der Waals surface area contributed by atoms with Crippen LogP contribution < -0.4 is 14.5 Å². The number of nitrogens with one attached hydrogen (secondary N) is 2. The topological polar surface area (TPSA) is 38.3 Å². The van der Waals surface area contributed by atoms with Crippen LogP contribution in [0.2, 0.25) is 0 Å². The highest BCUT2D eigenvalue weighted by atomic mass is 16.5. The van der Waals surface area contributed by atoms with E-state index in [0.29, 0.717) is 6.42 Å². The van der Waals surface area contributed by atoms with E-state index in [0.717, 1.165) is 30.2 Å². The second-order valence-corrected chi connectivity index (χ2v) is 8.87. The molecule has 31 heavy (non-hydrogen) atoms. The fourth-order valence-electron chi connectivity index (χ4n) is 4.61. The molecule has 3 N–H and O–H groups in total. The van der Waals surface area contributed by atoms with E-state index in [2.05, 4.69) is 67.4 Å². The van der Waals surface area contributed by atoms with Crippen LogP contribution in [0.1, 0.15) is 36.0 Å². The van der Waals surface area contributed by atoms with Gasteiger partial charge in [0.05, 0.1) is 52.9 Å². The average molecular weight is 423 g/mol. The van der Waals surface area contributed by atoms with Crippen LogP contribution in [0.3, 0.4) is 0 Å². The van der Waals surface area contributed by atoms with Crippen molar-refractivity contribution in [2.24, 2.45) is 5.92 Å². The first-order valence-electron chi connectivity index (χ1n) is 11.6. The van der Waals surface area contributed by atoms with E-state index in [-0.39, 0.29) is 6.61 Å². The molecule has 0 aliphatic carbocycles. The molecule has 0 bridgehead atoms. The third kappa shape index (κ3) is 8.03. The van der Waals surface area contributed by atoms with Crippen molar-refractivity contribution in [2.75, 3.05) is 46.9 Å². The SMILES string of the molecule is COc1ccc(CC[NH+]2CCCC(C[NH+](C)Cc3ccc(C#CCCO)cc3)C2)cc1. The first-order chi connectivity index (χ1) is 15.2. The molecule has 1 saturated heterocycles. The number of benzene rings is 2. The normalized spacial score (nSPS) is 19.3. The van der Waals surface area contributed by atoms with Gasteiger partial charge in [0.2, 0.25) is 0 Å². The van der Waals surface area contributed by atoms with Crippen LogP contribution in [-0.4, -0.2) is 52.0 Å². The lowest BCUT2D eigenvalue weighted by Crippen LogP contribution is -3.15. The molecule has 0 amide bonds. The Hall–Kier alpha value is -2.32. The minimum Gasteiger partial charge on any atom is -0.497 e. The highest BCUT2D eigenvalue weighted by Gasteiger charge is 2.25. The van der Waals surface area contributed by atoms with Crippen LogP contribution in [0.25, 0.3) is 0 Å². The summed E-state index contributed by atoms with van der Waals surface area (Å²) in [4.78, 5) is 3.34. The highest BCUT2D eigenvalue weighted by molar-refractivity contribution is 5.35. The summed E-state index contributed by atoms with van der Waals surface area (Å²) in [5.41, 5.74) is 3.80. The number of piperidine rings is 1.